The number of carbonyl (C=O) groups is 1. The first-order valence-electron chi connectivity index (χ1n) is 6.81. The minimum absolute atomic E-state index is 0.163. The van der Waals surface area contributed by atoms with Gasteiger partial charge < -0.3 is 11.1 Å². The van der Waals surface area contributed by atoms with Crippen molar-refractivity contribution in [3.63, 3.8) is 0 Å². The number of hydrogen-bond acceptors (Lipinski definition) is 4. The summed E-state index contributed by atoms with van der Waals surface area (Å²) in [6.07, 6.45) is 6.65. The van der Waals surface area contributed by atoms with Gasteiger partial charge in [0.15, 0.2) is 5.82 Å². The summed E-state index contributed by atoms with van der Waals surface area (Å²) in [4.78, 5) is 15.8. The van der Waals surface area contributed by atoms with Crippen LogP contribution in [-0.4, -0.2) is 21.1 Å². The number of fused-ring (bicyclic) bond motifs is 1. The Bertz CT molecular complexity index is 823. The minimum atomic E-state index is -0.163. The third kappa shape index (κ3) is 3.12. The van der Waals surface area contributed by atoms with Crippen molar-refractivity contribution in [2.45, 2.75) is 6.54 Å². The van der Waals surface area contributed by atoms with Gasteiger partial charge in [-0.2, -0.15) is 5.10 Å². The summed E-state index contributed by atoms with van der Waals surface area (Å²) in [6, 6.07) is 9.41. The fourth-order valence-corrected chi connectivity index (χ4v) is 2.08. The number of nitrogen functional groups attached to an aromatic ring is 1. The first kappa shape index (κ1) is 13.8. The number of pyridine rings is 1. The molecule has 0 aliphatic rings. The molecule has 0 atom stereocenters. The average Bonchev–Trinajstić information content (AvgIpc) is 2.93. The lowest BCUT2D eigenvalue weighted by atomic mass is 10.1. The summed E-state index contributed by atoms with van der Waals surface area (Å²) in [7, 11) is 0. The molecule has 4 N–H and O–H groups in total. The lowest BCUT2D eigenvalue weighted by Crippen LogP contribution is -2.20. The van der Waals surface area contributed by atoms with E-state index >= 15 is 0 Å². The lowest BCUT2D eigenvalue weighted by molar-refractivity contribution is -0.116. The first-order chi connectivity index (χ1) is 10.7. The van der Waals surface area contributed by atoms with Crippen molar-refractivity contribution in [1.82, 2.24) is 20.5 Å². The second kappa shape index (κ2) is 6.09. The summed E-state index contributed by atoms with van der Waals surface area (Å²) in [5, 5.41) is 10.4. The SMILES string of the molecule is Nc1n[nH]c2ccc(C=CC(=O)NCc3cccnc3)cc12. The summed E-state index contributed by atoms with van der Waals surface area (Å²) in [6.45, 7) is 0.449. The smallest absolute Gasteiger partial charge is 0.244 e. The molecule has 0 aliphatic heterocycles. The maximum Gasteiger partial charge on any atom is 0.244 e. The molecule has 110 valence electrons. The number of aromatic amines is 1. The van der Waals surface area contributed by atoms with Gasteiger partial charge in [-0.05, 0) is 35.4 Å². The minimum Gasteiger partial charge on any atom is -0.382 e. The van der Waals surface area contributed by atoms with Gasteiger partial charge in [0.2, 0.25) is 5.91 Å². The summed E-state index contributed by atoms with van der Waals surface area (Å²) in [5.41, 5.74) is 8.47. The molecule has 0 unspecified atom stereocenters. The van der Waals surface area contributed by atoms with E-state index in [0.717, 1.165) is 22.0 Å². The average molecular weight is 293 g/mol. The number of H-pyrrole nitrogens is 1. The van der Waals surface area contributed by atoms with Gasteiger partial charge in [0.05, 0.1) is 5.52 Å². The van der Waals surface area contributed by atoms with E-state index in [1.165, 1.54) is 6.08 Å². The van der Waals surface area contributed by atoms with Crippen LogP contribution in [0.2, 0.25) is 0 Å². The monoisotopic (exact) mass is 293 g/mol. The number of amides is 1. The van der Waals surface area contributed by atoms with Crippen LogP contribution in [0.1, 0.15) is 11.1 Å². The molecule has 6 nitrogen and oxygen atoms in total. The Morgan fingerprint density at radius 1 is 1.36 bits per heavy atom. The number of nitrogens with two attached hydrogens (primary N) is 1. The fraction of sp³-hybridized carbons (Fsp3) is 0.0625. The Morgan fingerprint density at radius 3 is 3.09 bits per heavy atom. The molecule has 0 saturated heterocycles. The highest BCUT2D eigenvalue weighted by Gasteiger charge is 2.02. The number of aromatic nitrogens is 3. The van der Waals surface area contributed by atoms with E-state index in [9.17, 15) is 4.79 Å². The van der Waals surface area contributed by atoms with E-state index < -0.39 is 0 Å². The van der Waals surface area contributed by atoms with Gasteiger partial charge in [-0.1, -0.05) is 12.1 Å². The first-order valence-corrected chi connectivity index (χ1v) is 6.81. The third-order valence-electron chi connectivity index (χ3n) is 3.23. The maximum atomic E-state index is 11.8. The van der Waals surface area contributed by atoms with E-state index in [2.05, 4.69) is 20.5 Å². The van der Waals surface area contributed by atoms with Crippen LogP contribution in [0.4, 0.5) is 5.82 Å². The van der Waals surface area contributed by atoms with Crippen LogP contribution in [0.15, 0.2) is 48.8 Å². The summed E-state index contributed by atoms with van der Waals surface area (Å²) in [5.74, 6) is 0.287. The fourth-order valence-electron chi connectivity index (χ4n) is 2.08. The molecule has 0 spiro atoms. The van der Waals surface area contributed by atoms with Crippen LogP contribution in [0.25, 0.3) is 17.0 Å². The quantitative estimate of drug-likeness (QED) is 0.640. The van der Waals surface area contributed by atoms with Crippen molar-refractivity contribution in [1.29, 1.82) is 0 Å². The predicted octanol–water partition coefficient (Wildman–Crippen LogP) is 1.87. The van der Waals surface area contributed by atoms with Gasteiger partial charge in [0.25, 0.3) is 0 Å². The highest BCUT2D eigenvalue weighted by atomic mass is 16.1. The zero-order valence-corrected chi connectivity index (χ0v) is 11.8. The molecule has 0 saturated carbocycles. The third-order valence-corrected chi connectivity index (χ3v) is 3.23. The Labute approximate surface area is 127 Å². The molecule has 6 heteroatoms. The Kier molecular flexibility index (Phi) is 3.82. The molecular weight excluding hydrogens is 278 g/mol. The number of nitrogens with one attached hydrogen (secondary N) is 2. The number of rotatable bonds is 4. The van der Waals surface area contributed by atoms with Gasteiger partial charge in [0, 0.05) is 30.4 Å². The molecule has 0 bridgehead atoms. The van der Waals surface area contributed by atoms with E-state index in [1.807, 2.05) is 30.3 Å². The Balaban J connectivity index is 1.64. The van der Waals surface area contributed by atoms with Gasteiger partial charge in [-0.25, -0.2) is 0 Å². The highest BCUT2D eigenvalue weighted by molar-refractivity contribution is 5.94. The van der Waals surface area contributed by atoms with Crippen molar-refractivity contribution in [2.24, 2.45) is 0 Å². The lowest BCUT2D eigenvalue weighted by Gasteiger charge is -2.01. The van der Waals surface area contributed by atoms with Gasteiger partial charge >= 0.3 is 0 Å². The second-order valence-electron chi connectivity index (χ2n) is 4.83. The van der Waals surface area contributed by atoms with E-state index in [1.54, 1.807) is 18.5 Å². The van der Waals surface area contributed by atoms with Crippen LogP contribution >= 0.6 is 0 Å². The largest absolute Gasteiger partial charge is 0.382 e. The molecular formula is C16H15N5O. The van der Waals surface area contributed by atoms with Crippen molar-refractivity contribution in [3.05, 3.63) is 59.9 Å². The van der Waals surface area contributed by atoms with Crippen molar-refractivity contribution in [2.75, 3.05) is 5.73 Å². The van der Waals surface area contributed by atoms with Crippen molar-refractivity contribution in [3.8, 4) is 0 Å². The van der Waals surface area contributed by atoms with Crippen molar-refractivity contribution >= 4 is 28.7 Å². The molecule has 0 radical (unpaired) electrons. The van der Waals surface area contributed by atoms with E-state index in [0.29, 0.717) is 12.4 Å². The topological polar surface area (TPSA) is 96.7 Å². The molecule has 3 aromatic rings. The number of carbonyl (C=O) groups excluding carboxylic acids is 1. The molecule has 0 fully saturated rings. The van der Waals surface area contributed by atoms with Crippen LogP contribution in [-0.2, 0) is 11.3 Å². The standard InChI is InChI=1S/C16H15N5O/c17-16-13-8-11(3-5-14(13)20-21-16)4-6-15(22)19-10-12-2-1-7-18-9-12/h1-9H,10H2,(H,19,22)(H3,17,20,21). The molecule has 22 heavy (non-hydrogen) atoms. The number of anilines is 1. The van der Waals surface area contributed by atoms with Crippen LogP contribution < -0.4 is 11.1 Å². The molecule has 1 amide bonds. The Hall–Kier alpha value is -3.15. The Morgan fingerprint density at radius 2 is 2.27 bits per heavy atom. The van der Waals surface area contributed by atoms with Crippen LogP contribution in [0.5, 0.6) is 0 Å². The zero-order valence-electron chi connectivity index (χ0n) is 11.8. The number of benzene rings is 1. The van der Waals surface area contributed by atoms with Crippen molar-refractivity contribution < 1.29 is 4.79 Å². The molecule has 1 aromatic carbocycles. The van der Waals surface area contributed by atoms with Gasteiger partial charge in [-0.15, -0.1) is 0 Å². The zero-order chi connectivity index (χ0) is 15.4. The highest BCUT2D eigenvalue weighted by Crippen LogP contribution is 2.19. The van der Waals surface area contributed by atoms with Gasteiger partial charge in [0.1, 0.15) is 0 Å². The molecule has 0 aliphatic carbocycles. The summed E-state index contributed by atoms with van der Waals surface area (Å²) >= 11 is 0. The summed E-state index contributed by atoms with van der Waals surface area (Å²) < 4.78 is 0. The van der Waals surface area contributed by atoms with E-state index in [-0.39, 0.29) is 5.91 Å². The number of hydrogen-bond donors (Lipinski definition) is 3. The predicted molar refractivity (Wildman–Crippen MR) is 85.6 cm³/mol. The number of nitrogens with zero attached hydrogens (tertiary/aromatic N) is 2. The molecule has 2 heterocycles. The van der Waals surface area contributed by atoms with E-state index in [4.69, 9.17) is 5.73 Å². The second-order valence-corrected chi connectivity index (χ2v) is 4.83. The van der Waals surface area contributed by atoms with Crippen LogP contribution in [0, 0.1) is 0 Å². The van der Waals surface area contributed by atoms with Gasteiger partial charge in [-0.3, -0.25) is 14.9 Å². The molecule has 2 aromatic heterocycles. The van der Waals surface area contributed by atoms with Crippen LogP contribution in [0.3, 0.4) is 0 Å². The maximum absolute atomic E-state index is 11.8. The molecule has 3 rings (SSSR count). The normalized spacial score (nSPS) is 11.1.